The summed E-state index contributed by atoms with van der Waals surface area (Å²) in [5, 5.41) is 9.48. The van der Waals surface area contributed by atoms with E-state index in [2.05, 4.69) is 42.8 Å². The molecule has 0 spiro atoms. The molecule has 0 radical (unpaired) electrons. The van der Waals surface area contributed by atoms with Crippen LogP contribution in [0.25, 0.3) is 0 Å². The molecule has 5 nitrogen and oxygen atoms in total. The summed E-state index contributed by atoms with van der Waals surface area (Å²) in [7, 11) is 1.92. The average molecular weight is 333 g/mol. The van der Waals surface area contributed by atoms with Crippen molar-refractivity contribution in [2.75, 3.05) is 0 Å². The first-order chi connectivity index (χ1) is 7.16. The van der Waals surface area contributed by atoms with Crippen LogP contribution < -0.4 is 0 Å². The second-order valence-corrected chi connectivity index (χ2v) is 5.05. The van der Waals surface area contributed by atoms with Gasteiger partial charge in [-0.15, -0.1) is 10.2 Å². The molecule has 0 N–H and O–H groups in total. The largest absolute Gasteiger partial charge is 0.309 e. The van der Waals surface area contributed by atoms with Crippen LogP contribution in [0, 0.1) is 10.5 Å². The number of nitrogens with zero attached hydrogens (tertiary/aromatic N) is 5. The lowest BCUT2D eigenvalue weighted by molar-refractivity contribution is 0.762. The van der Waals surface area contributed by atoms with Gasteiger partial charge in [0.05, 0.1) is 0 Å². The molecule has 0 atom stereocenters. The zero-order valence-electron chi connectivity index (χ0n) is 8.18. The third-order valence-electron chi connectivity index (χ3n) is 1.83. The van der Waals surface area contributed by atoms with E-state index in [0.29, 0.717) is 5.16 Å². The summed E-state index contributed by atoms with van der Waals surface area (Å²) in [5.74, 6) is 0.878. The molecule has 0 aliphatic rings. The fourth-order valence-corrected chi connectivity index (χ4v) is 1.91. The first kappa shape index (κ1) is 10.8. The van der Waals surface area contributed by atoms with Crippen molar-refractivity contribution in [1.82, 2.24) is 24.7 Å². The zero-order valence-corrected chi connectivity index (χ0v) is 11.2. The standard InChI is InChI=1S/C8H8IN5S/c1-5-12-13-8(14(5)2)15-7-10-3-6(9)4-11-7/h3-4H,1-2H3. The minimum Gasteiger partial charge on any atom is -0.309 e. The molecule has 2 aromatic rings. The molecular weight excluding hydrogens is 325 g/mol. The Morgan fingerprint density at radius 1 is 1.27 bits per heavy atom. The Morgan fingerprint density at radius 3 is 2.47 bits per heavy atom. The first-order valence-corrected chi connectivity index (χ1v) is 6.08. The quantitative estimate of drug-likeness (QED) is 0.618. The molecule has 2 heterocycles. The minimum atomic E-state index is 0.686. The molecule has 0 bridgehead atoms. The summed E-state index contributed by atoms with van der Waals surface area (Å²) in [6.07, 6.45) is 3.55. The van der Waals surface area contributed by atoms with Gasteiger partial charge < -0.3 is 4.57 Å². The van der Waals surface area contributed by atoms with Crippen molar-refractivity contribution >= 4 is 34.4 Å². The van der Waals surface area contributed by atoms with Gasteiger partial charge in [-0.1, -0.05) is 0 Å². The molecular formula is C8H8IN5S. The Labute approximate surface area is 105 Å². The first-order valence-electron chi connectivity index (χ1n) is 4.18. The highest BCUT2D eigenvalue weighted by atomic mass is 127. The predicted octanol–water partition coefficient (Wildman–Crippen LogP) is 1.67. The lowest BCUT2D eigenvalue weighted by Crippen LogP contribution is -1.94. The minimum absolute atomic E-state index is 0.686. The van der Waals surface area contributed by atoms with Crippen LogP contribution in [0.4, 0.5) is 0 Å². The number of hydrogen-bond acceptors (Lipinski definition) is 5. The molecule has 0 aliphatic heterocycles. The molecule has 0 fully saturated rings. The molecule has 0 aromatic carbocycles. The smallest absolute Gasteiger partial charge is 0.198 e. The molecule has 2 rings (SSSR count). The van der Waals surface area contributed by atoms with Crippen LogP contribution in [-0.2, 0) is 7.05 Å². The van der Waals surface area contributed by atoms with E-state index in [1.807, 2.05) is 18.5 Å². The van der Waals surface area contributed by atoms with E-state index >= 15 is 0 Å². The van der Waals surface area contributed by atoms with E-state index in [1.54, 1.807) is 12.4 Å². The van der Waals surface area contributed by atoms with Crippen LogP contribution in [0.15, 0.2) is 22.7 Å². The van der Waals surface area contributed by atoms with Crippen molar-refractivity contribution in [3.63, 3.8) is 0 Å². The number of aryl methyl sites for hydroxylation is 1. The number of hydrogen-bond donors (Lipinski definition) is 0. The van der Waals surface area contributed by atoms with Crippen molar-refractivity contribution in [3.8, 4) is 0 Å². The maximum atomic E-state index is 4.19. The van der Waals surface area contributed by atoms with E-state index in [-0.39, 0.29) is 0 Å². The summed E-state index contributed by atoms with van der Waals surface area (Å²) < 4.78 is 2.93. The van der Waals surface area contributed by atoms with Crippen LogP contribution in [0.1, 0.15) is 5.82 Å². The van der Waals surface area contributed by atoms with E-state index in [4.69, 9.17) is 0 Å². The fourth-order valence-electron chi connectivity index (χ4n) is 0.911. The molecule has 0 amide bonds. The monoisotopic (exact) mass is 333 g/mol. The lowest BCUT2D eigenvalue weighted by Gasteiger charge is -1.99. The van der Waals surface area contributed by atoms with Gasteiger partial charge in [0.25, 0.3) is 0 Å². The maximum Gasteiger partial charge on any atom is 0.198 e. The maximum absolute atomic E-state index is 4.19. The number of aromatic nitrogens is 5. The highest BCUT2D eigenvalue weighted by molar-refractivity contribution is 14.1. The van der Waals surface area contributed by atoms with Gasteiger partial charge in [-0.2, -0.15) is 0 Å². The predicted molar refractivity (Wildman–Crippen MR) is 64.6 cm³/mol. The molecule has 0 unspecified atom stereocenters. The van der Waals surface area contributed by atoms with Crippen molar-refractivity contribution in [2.24, 2.45) is 7.05 Å². The van der Waals surface area contributed by atoms with Gasteiger partial charge in [-0.05, 0) is 41.3 Å². The second kappa shape index (κ2) is 4.44. The van der Waals surface area contributed by atoms with E-state index < -0.39 is 0 Å². The van der Waals surface area contributed by atoms with Gasteiger partial charge in [0.15, 0.2) is 10.3 Å². The Kier molecular flexibility index (Phi) is 3.19. The highest BCUT2D eigenvalue weighted by Gasteiger charge is 2.08. The van der Waals surface area contributed by atoms with Gasteiger partial charge in [0.2, 0.25) is 0 Å². The Morgan fingerprint density at radius 2 is 1.93 bits per heavy atom. The van der Waals surface area contributed by atoms with Crippen LogP contribution in [0.2, 0.25) is 0 Å². The molecule has 2 aromatic heterocycles. The van der Waals surface area contributed by atoms with Gasteiger partial charge in [-0.25, -0.2) is 9.97 Å². The second-order valence-electron chi connectivity index (χ2n) is 2.87. The van der Waals surface area contributed by atoms with Gasteiger partial charge in [-0.3, -0.25) is 0 Å². The van der Waals surface area contributed by atoms with E-state index in [9.17, 15) is 0 Å². The summed E-state index contributed by atoms with van der Waals surface area (Å²) >= 11 is 3.58. The van der Waals surface area contributed by atoms with Crippen LogP contribution >= 0.6 is 34.4 Å². The Hall–Kier alpha value is -0.700. The summed E-state index contributed by atoms with van der Waals surface area (Å²) in [6.45, 7) is 1.91. The summed E-state index contributed by atoms with van der Waals surface area (Å²) in [6, 6.07) is 0. The molecule has 78 valence electrons. The number of halogens is 1. The number of rotatable bonds is 2. The molecule has 7 heteroatoms. The van der Waals surface area contributed by atoms with Crippen molar-refractivity contribution in [1.29, 1.82) is 0 Å². The van der Waals surface area contributed by atoms with Gasteiger partial charge in [0.1, 0.15) is 5.82 Å². The third-order valence-corrected chi connectivity index (χ3v) is 3.32. The summed E-state index contributed by atoms with van der Waals surface area (Å²) in [4.78, 5) is 8.37. The van der Waals surface area contributed by atoms with Crippen LogP contribution in [-0.4, -0.2) is 24.7 Å². The molecule has 0 aliphatic carbocycles. The fraction of sp³-hybridized carbons (Fsp3) is 0.250. The molecule has 0 saturated carbocycles. The van der Waals surface area contributed by atoms with Crippen LogP contribution in [0.3, 0.4) is 0 Å². The van der Waals surface area contributed by atoms with Crippen LogP contribution in [0.5, 0.6) is 0 Å². The normalized spacial score (nSPS) is 10.6. The Balaban J connectivity index is 2.22. The topological polar surface area (TPSA) is 56.5 Å². The van der Waals surface area contributed by atoms with E-state index in [0.717, 1.165) is 14.6 Å². The molecule has 0 saturated heterocycles. The highest BCUT2D eigenvalue weighted by Crippen LogP contribution is 2.22. The molecule has 15 heavy (non-hydrogen) atoms. The van der Waals surface area contributed by atoms with E-state index in [1.165, 1.54) is 11.8 Å². The third kappa shape index (κ3) is 2.46. The van der Waals surface area contributed by atoms with Gasteiger partial charge in [0, 0.05) is 23.0 Å². The zero-order chi connectivity index (χ0) is 10.8. The van der Waals surface area contributed by atoms with Crippen molar-refractivity contribution in [3.05, 3.63) is 21.8 Å². The van der Waals surface area contributed by atoms with Crippen molar-refractivity contribution < 1.29 is 0 Å². The van der Waals surface area contributed by atoms with Gasteiger partial charge >= 0.3 is 0 Å². The lowest BCUT2D eigenvalue weighted by atomic mass is 10.7. The summed E-state index contributed by atoms with van der Waals surface area (Å²) in [5.41, 5.74) is 0. The SMILES string of the molecule is Cc1nnc(Sc2ncc(I)cn2)n1C. The Bertz CT molecular complexity index is 466. The van der Waals surface area contributed by atoms with Crippen molar-refractivity contribution in [2.45, 2.75) is 17.2 Å². The average Bonchev–Trinajstić information content (AvgIpc) is 2.53.